The van der Waals surface area contributed by atoms with Crippen molar-refractivity contribution in [3.8, 4) is 0 Å². The number of nitrogens with zero attached hydrogens (tertiary/aromatic N) is 2. The van der Waals surface area contributed by atoms with E-state index in [0.717, 1.165) is 44.4 Å². The molecule has 226 valence electrons. The minimum Gasteiger partial charge on any atom is -0.355 e. The number of hydrogen-bond donors (Lipinski definition) is 3. The molecule has 41 heavy (non-hydrogen) atoms. The van der Waals surface area contributed by atoms with Gasteiger partial charge in [-0.25, -0.2) is 13.8 Å². The van der Waals surface area contributed by atoms with Gasteiger partial charge in [0.2, 0.25) is 0 Å². The van der Waals surface area contributed by atoms with Gasteiger partial charge in [0.05, 0.1) is 6.21 Å². The maximum Gasteiger partial charge on any atom is 0.146 e. The summed E-state index contributed by atoms with van der Waals surface area (Å²) in [6.45, 7) is 18.6. The molecular formula is C34H51F2N5. The van der Waals surface area contributed by atoms with Gasteiger partial charge in [0.15, 0.2) is 0 Å². The van der Waals surface area contributed by atoms with Crippen LogP contribution in [0.25, 0.3) is 6.08 Å². The van der Waals surface area contributed by atoms with E-state index in [4.69, 9.17) is 5.41 Å². The van der Waals surface area contributed by atoms with Gasteiger partial charge in [-0.05, 0) is 93.9 Å². The molecule has 0 radical (unpaired) electrons. The molecular weight excluding hydrogens is 516 g/mol. The fraction of sp³-hybridized carbons (Fsp3) is 0.412. The minimum absolute atomic E-state index is 0.185. The Hall–Kier alpha value is -3.42. The van der Waals surface area contributed by atoms with Crippen molar-refractivity contribution >= 4 is 18.1 Å². The summed E-state index contributed by atoms with van der Waals surface area (Å²) in [4.78, 5) is 6.63. The van der Waals surface area contributed by atoms with Gasteiger partial charge in [-0.3, -0.25) is 0 Å². The molecule has 1 saturated heterocycles. The highest BCUT2D eigenvalue weighted by molar-refractivity contribution is 6.28. The quantitative estimate of drug-likeness (QED) is 0.124. The van der Waals surface area contributed by atoms with Crippen LogP contribution in [0.4, 0.5) is 8.78 Å². The summed E-state index contributed by atoms with van der Waals surface area (Å²) in [6.07, 6.45) is 14.2. The summed E-state index contributed by atoms with van der Waals surface area (Å²) >= 11 is 0. The van der Waals surface area contributed by atoms with E-state index < -0.39 is 11.6 Å². The van der Waals surface area contributed by atoms with Gasteiger partial charge in [-0.1, -0.05) is 50.8 Å². The molecule has 0 aromatic heterocycles. The Labute approximate surface area is 247 Å². The molecule has 5 nitrogen and oxygen atoms in total. The molecule has 2 aliphatic rings. The summed E-state index contributed by atoms with van der Waals surface area (Å²) in [5.74, 6) is -0.254. The molecule has 1 saturated carbocycles. The SMILES string of the molecule is C=C.C=Cc1cccc(C2(NCCC/C=C/N=C(C=N)N3CCCC3)CC2)c1.CC.CN.Cc1cc(F)cc(F)c1. The zero-order valence-electron chi connectivity index (χ0n) is 25.6. The van der Waals surface area contributed by atoms with Crippen LogP contribution in [-0.4, -0.2) is 43.6 Å². The van der Waals surface area contributed by atoms with Gasteiger partial charge in [0.25, 0.3) is 0 Å². The molecule has 0 amide bonds. The molecule has 0 atom stereocenters. The van der Waals surface area contributed by atoms with Crippen molar-refractivity contribution in [3.63, 3.8) is 0 Å². The van der Waals surface area contributed by atoms with E-state index in [0.29, 0.717) is 5.56 Å². The first-order chi connectivity index (χ1) is 20.0. The van der Waals surface area contributed by atoms with Crippen LogP contribution in [0.3, 0.4) is 0 Å². The second-order valence-corrected chi connectivity index (χ2v) is 9.14. The molecule has 1 heterocycles. The number of hydrogen-bond acceptors (Lipinski definition) is 4. The van der Waals surface area contributed by atoms with E-state index >= 15 is 0 Å². The van der Waals surface area contributed by atoms with Crippen LogP contribution < -0.4 is 11.1 Å². The smallest absolute Gasteiger partial charge is 0.146 e. The van der Waals surface area contributed by atoms with Crippen molar-refractivity contribution in [3.05, 3.63) is 103 Å². The first-order valence-corrected chi connectivity index (χ1v) is 14.4. The van der Waals surface area contributed by atoms with Crippen LogP contribution in [0.1, 0.15) is 69.1 Å². The molecule has 2 aromatic carbocycles. The molecule has 0 spiro atoms. The van der Waals surface area contributed by atoms with Crippen LogP contribution in [0.2, 0.25) is 0 Å². The molecule has 4 N–H and O–H groups in total. The number of allylic oxidation sites excluding steroid dienone is 1. The summed E-state index contributed by atoms with van der Waals surface area (Å²) < 4.78 is 24.4. The maximum absolute atomic E-state index is 12.2. The number of benzene rings is 2. The van der Waals surface area contributed by atoms with E-state index in [2.05, 4.69) is 71.0 Å². The van der Waals surface area contributed by atoms with Gasteiger partial charge in [0.1, 0.15) is 17.5 Å². The second-order valence-electron chi connectivity index (χ2n) is 9.14. The summed E-state index contributed by atoms with van der Waals surface area (Å²) in [7, 11) is 1.50. The summed E-state index contributed by atoms with van der Waals surface area (Å²) in [5, 5.41) is 11.3. The van der Waals surface area contributed by atoms with Gasteiger partial charge >= 0.3 is 0 Å². The number of halogens is 2. The Balaban J connectivity index is 0.000000890. The molecule has 2 aromatic rings. The molecule has 0 unspecified atom stereocenters. The van der Waals surface area contributed by atoms with E-state index in [1.807, 2.05) is 26.1 Å². The lowest BCUT2D eigenvalue weighted by molar-refractivity contribution is 0.511. The van der Waals surface area contributed by atoms with Crippen molar-refractivity contribution < 1.29 is 8.78 Å². The highest BCUT2D eigenvalue weighted by Crippen LogP contribution is 2.45. The van der Waals surface area contributed by atoms with E-state index in [1.54, 1.807) is 6.92 Å². The lowest BCUT2D eigenvalue weighted by atomic mass is 10.0. The summed E-state index contributed by atoms with van der Waals surface area (Å²) in [5.41, 5.74) is 7.87. The molecule has 2 fully saturated rings. The fourth-order valence-electron chi connectivity index (χ4n) is 4.26. The van der Waals surface area contributed by atoms with E-state index in [1.165, 1.54) is 62.2 Å². The predicted octanol–water partition coefficient (Wildman–Crippen LogP) is 8.02. The number of nitrogens with two attached hydrogens (primary N) is 1. The average Bonchev–Trinajstić information content (AvgIpc) is 3.60. The Morgan fingerprint density at radius 2 is 1.68 bits per heavy atom. The van der Waals surface area contributed by atoms with Crippen LogP contribution in [-0.2, 0) is 5.54 Å². The van der Waals surface area contributed by atoms with Crippen molar-refractivity contribution in [1.82, 2.24) is 10.2 Å². The van der Waals surface area contributed by atoms with Gasteiger partial charge in [0, 0.05) is 30.9 Å². The van der Waals surface area contributed by atoms with Gasteiger partial charge in [-0.15, -0.1) is 13.2 Å². The standard InChI is InChI=1S/C22H30N4.C7H6F2.C2H6.C2H4.CH5N/c1-2-19-9-8-10-20(17-19)22(11-12-22)25-14-5-3-4-13-24-21(18-23)26-15-6-7-16-26;1-5-2-6(8)4-7(9)3-5;3*1-2/h2,4,8-10,13,17-18,23,25H,1,3,5-7,11-12,14-16H2;2-4H,1H3;1-2H3;1-2H2;2H2,1H3/b13-4+,23-18?,24-21?;;;;. The topological polar surface area (TPSA) is 77.5 Å². The van der Waals surface area contributed by atoms with Crippen molar-refractivity contribution in [2.45, 2.75) is 64.8 Å². The molecule has 1 aliphatic carbocycles. The zero-order chi connectivity index (χ0) is 31.1. The first kappa shape index (κ1) is 37.6. The Bertz CT molecular complexity index is 1020. The number of aliphatic imine (C=N–C) groups is 1. The van der Waals surface area contributed by atoms with Crippen LogP contribution in [0.15, 0.2) is 79.5 Å². The number of unbranched alkanes of at least 4 members (excludes halogenated alkanes) is 1. The number of amidine groups is 1. The number of nitrogens with one attached hydrogen (secondary N) is 2. The van der Waals surface area contributed by atoms with E-state index in [-0.39, 0.29) is 5.54 Å². The van der Waals surface area contributed by atoms with Gasteiger partial charge < -0.3 is 21.4 Å². The average molecular weight is 568 g/mol. The highest BCUT2D eigenvalue weighted by atomic mass is 19.1. The number of aryl methyl sites for hydroxylation is 1. The van der Waals surface area contributed by atoms with Crippen LogP contribution >= 0.6 is 0 Å². The minimum atomic E-state index is -0.521. The highest BCUT2D eigenvalue weighted by Gasteiger charge is 2.43. The molecule has 4 rings (SSSR count). The van der Waals surface area contributed by atoms with Crippen molar-refractivity contribution in [2.24, 2.45) is 10.7 Å². The van der Waals surface area contributed by atoms with Crippen LogP contribution in [0.5, 0.6) is 0 Å². The third-order valence-electron chi connectivity index (χ3n) is 6.31. The lowest BCUT2D eigenvalue weighted by Crippen LogP contribution is -2.29. The zero-order valence-corrected chi connectivity index (χ0v) is 25.6. The van der Waals surface area contributed by atoms with Crippen molar-refractivity contribution in [1.29, 1.82) is 5.41 Å². The number of rotatable bonds is 9. The third-order valence-corrected chi connectivity index (χ3v) is 6.31. The first-order valence-electron chi connectivity index (χ1n) is 14.4. The number of likely N-dealkylation sites (tertiary alicyclic amines) is 1. The summed E-state index contributed by atoms with van der Waals surface area (Å²) in [6, 6.07) is 12.1. The Morgan fingerprint density at radius 3 is 2.20 bits per heavy atom. The Morgan fingerprint density at radius 1 is 1.07 bits per heavy atom. The largest absolute Gasteiger partial charge is 0.355 e. The molecule has 7 heteroatoms. The van der Waals surface area contributed by atoms with Crippen LogP contribution in [0, 0.1) is 24.0 Å². The van der Waals surface area contributed by atoms with Crippen molar-refractivity contribution in [2.75, 3.05) is 26.7 Å². The predicted molar refractivity (Wildman–Crippen MR) is 175 cm³/mol. The van der Waals surface area contributed by atoms with E-state index in [9.17, 15) is 8.78 Å². The van der Waals surface area contributed by atoms with Gasteiger partial charge in [-0.2, -0.15) is 0 Å². The molecule has 0 bridgehead atoms. The monoisotopic (exact) mass is 567 g/mol. The maximum atomic E-state index is 12.2. The molecule has 1 aliphatic heterocycles. The Kier molecular flexibility index (Phi) is 20.4. The third kappa shape index (κ3) is 14.2. The fourth-order valence-corrected chi connectivity index (χ4v) is 4.26. The normalized spacial score (nSPS) is 14.6. The second kappa shape index (κ2) is 22.3. The lowest BCUT2D eigenvalue weighted by Gasteiger charge is -2.18.